The van der Waals surface area contributed by atoms with E-state index in [0.717, 1.165) is 6.42 Å². The predicted octanol–water partition coefficient (Wildman–Crippen LogP) is 3.17. The Bertz CT molecular complexity index is 308. The first kappa shape index (κ1) is 13.9. The Kier molecular flexibility index (Phi) is 6.60. The van der Waals surface area contributed by atoms with E-state index in [1.807, 2.05) is 25.1 Å². The molecule has 1 aromatic rings. The van der Waals surface area contributed by atoms with E-state index in [9.17, 15) is 5.11 Å². The minimum absolute atomic E-state index is 0.253. The van der Waals surface area contributed by atoms with Crippen LogP contribution in [0.1, 0.15) is 25.3 Å². The molecular weight excluding hydrogens is 212 g/mol. The van der Waals surface area contributed by atoms with E-state index in [1.54, 1.807) is 6.08 Å². The monoisotopic (exact) mass is 234 g/mol. The number of hydrogen-bond donors (Lipinski definition) is 1. The Morgan fingerprint density at radius 2 is 2.06 bits per heavy atom. The van der Waals surface area contributed by atoms with Crippen LogP contribution in [0, 0.1) is 5.92 Å². The van der Waals surface area contributed by atoms with Crippen molar-refractivity contribution in [3.63, 3.8) is 0 Å². The van der Waals surface area contributed by atoms with Gasteiger partial charge in [0.1, 0.15) is 0 Å². The van der Waals surface area contributed by atoms with Crippen LogP contribution in [0.25, 0.3) is 0 Å². The Balaban J connectivity index is 2.13. The first-order valence-electron chi connectivity index (χ1n) is 6.14. The molecular formula is C15H22O2. The molecule has 0 radical (unpaired) electrons. The lowest BCUT2D eigenvalue weighted by molar-refractivity contribution is 0.0677. The second kappa shape index (κ2) is 8.04. The highest BCUT2D eigenvalue weighted by molar-refractivity contribution is 5.13. The molecule has 0 heterocycles. The standard InChI is InChI=1S/C15H22O2/c1-3-7-15(16)13(2)10-11-17-12-14-8-5-4-6-9-14/h3-6,8-9,13,15-16H,1,7,10-12H2,2H3/t13-,15+/m1/s1. The van der Waals surface area contributed by atoms with Crippen LogP contribution in [0.5, 0.6) is 0 Å². The van der Waals surface area contributed by atoms with Gasteiger partial charge >= 0.3 is 0 Å². The van der Waals surface area contributed by atoms with E-state index < -0.39 is 0 Å². The van der Waals surface area contributed by atoms with Crippen molar-refractivity contribution in [1.82, 2.24) is 0 Å². The number of ether oxygens (including phenoxy) is 1. The molecule has 0 aliphatic carbocycles. The van der Waals surface area contributed by atoms with E-state index in [4.69, 9.17) is 4.74 Å². The van der Waals surface area contributed by atoms with Gasteiger partial charge in [-0.3, -0.25) is 0 Å². The SMILES string of the molecule is C=CC[C@H](O)[C@H](C)CCOCc1ccccc1. The summed E-state index contributed by atoms with van der Waals surface area (Å²) in [6.45, 7) is 7.00. The number of rotatable bonds is 8. The molecule has 0 saturated heterocycles. The minimum Gasteiger partial charge on any atom is -0.393 e. The maximum absolute atomic E-state index is 9.71. The van der Waals surface area contributed by atoms with E-state index in [2.05, 4.69) is 18.7 Å². The van der Waals surface area contributed by atoms with E-state index in [0.29, 0.717) is 19.6 Å². The molecule has 0 aliphatic rings. The molecule has 94 valence electrons. The number of hydrogen-bond acceptors (Lipinski definition) is 2. The van der Waals surface area contributed by atoms with E-state index >= 15 is 0 Å². The molecule has 0 amide bonds. The Hall–Kier alpha value is -1.12. The van der Waals surface area contributed by atoms with Crippen LogP contribution in [0.15, 0.2) is 43.0 Å². The molecule has 2 atom stereocenters. The van der Waals surface area contributed by atoms with Crippen LogP contribution in [-0.4, -0.2) is 17.8 Å². The zero-order valence-corrected chi connectivity index (χ0v) is 10.5. The number of benzene rings is 1. The van der Waals surface area contributed by atoms with Gasteiger partial charge in [0.05, 0.1) is 12.7 Å². The van der Waals surface area contributed by atoms with E-state index in [-0.39, 0.29) is 12.0 Å². The zero-order chi connectivity index (χ0) is 12.5. The van der Waals surface area contributed by atoms with Crippen LogP contribution in [0.4, 0.5) is 0 Å². The largest absolute Gasteiger partial charge is 0.393 e. The van der Waals surface area contributed by atoms with Crippen molar-refractivity contribution < 1.29 is 9.84 Å². The van der Waals surface area contributed by atoms with Crippen molar-refractivity contribution >= 4 is 0 Å². The lowest BCUT2D eigenvalue weighted by Crippen LogP contribution is -2.18. The topological polar surface area (TPSA) is 29.5 Å². The predicted molar refractivity (Wildman–Crippen MR) is 70.7 cm³/mol. The Morgan fingerprint density at radius 1 is 1.35 bits per heavy atom. The molecule has 1 rings (SSSR count). The van der Waals surface area contributed by atoms with Crippen molar-refractivity contribution in [1.29, 1.82) is 0 Å². The number of aliphatic hydroxyl groups is 1. The summed E-state index contributed by atoms with van der Waals surface area (Å²) < 4.78 is 5.58. The number of aliphatic hydroxyl groups excluding tert-OH is 1. The molecule has 0 spiro atoms. The fraction of sp³-hybridized carbons (Fsp3) is 0.467. The first-order chi connectivity index (χ1) is 8.24. The van der Waals surface area contributed by atoms with E-state index in [1.165, 1.54) is 5.56 Å². The summed E-state index contributed by atoms with van der Waals surface area (Å²) in [6.07, 6.45) is 2.99. The second-order valence-corrected chi connectivity index (χ2v) is 4.40. The van der Waals surface area contributed by atoms with Gasteiger partial charge in [-0.15, -0.1) is 6.58 Å². The molecule has 2 nitrogen and oxygen atoms in total. The van der Waals surface area contributed by atoms with Gasteiger partial charge in [0.25, 0.3) is 0 Å². The average molecular weight is 234 g/mol. The van der Waals surface area contributed by atoms with Gasteiger partial charge < -0.3 is 9.84 Å². The van der Waals surface area contributed by atoms with Crippen LogP contribution >= 0.6 is 0 Å². The molecule has 2 heteroatoms. The summed E-state index contributed by atoms with van der Waals surface area (Å²) in [5.74, 6) is 0.253. The quantitative estimate of drug-likeness (QED) is 0.553. The van der Waals surface area contributed by atoms with Crippen molar-refractivity contribution in [3.05, 3.63) is 48.6 Å². The lowest BCUT2D eigenvalue weighted by atomic mass is 9.99. The molecule has 0 unspecified atom stereocenters. The maximum Gasteiger partial charge on any atom is 0.0716 e. The lowest BCUT2D eigenvalue weighted by Gasteiger charge is -2.17. The fourth-order valence-corrected chi connectivity index (χ4v) is 1.63. The Labute approximate surface area is 104 Å². The molecule has 1 aromatic carbocycles. The summed E-state index contributed by atoms with van der Waals surface area (Å²) in [5.41, 5.74) is 1.19. The third kappa shape index (κ3) is 5.66. The molecule has 0 aliphatic heterocycles. The fourth-order valence-electron chi connectivity index (χ4n) is 1.63. The Morgan fingerprint density at radius 3 is 2.71 bits per heavy atom. The van der Waals surface area contributed by atoms with Gasteiger partial charge in [-0.1, -0.05) is 43.3 Å². The highest BCUT2D eigenvalue weighted by Gasteiger charge is 2.11. The van der Waals surface area contributed by atoms with Gasteiger partial charge in [-0.05, 0) is 24.3 Å². The van der Waals surface area contributed by atoms with Gasteiger partial charge in [0, 0.05) is 6.61 Å². The average Bonchev–Trinajstić information content (AvgIpc) is 2.36. The van der Waals surface area contributed by atoms with Crippen molar-refractivity contribution in [2.24, 2.45) is 5.92 Å². The van der Waals surface area contributed by atoms with Crippen LogP contribution < -0.4 is 0 Å². The highest BCUT2D eigenvalue weighted by atomic mass is 16.5. The molecule has 0 aromatic heterocycles. The third-order valence-electron chi connectivity index (χ3n) is 2.89. The van der Waals surface area contributed by atoms with Crippen molar-refractivity contribution in [2.75, 3.05) is 6.61 Å². The van der Waals surface area contributed by atoms with Gasteiger partial charge in [0.15, 0.2) is 0 Å². The van der Waals surface area contributed by atoms with Crippen LogP contribution in [0.3, 0.4) is 0 Å². The van der Waals surface area contributed by atoms with Gasteiger partial charge in [-0.25, -0.2) is 0 Å². The first-order valence-corrected chi connectivity index (χ1v) is 6.14. The van der Waals surface area contributed by atoms with Crippen molar-refractivity contribution in [3.8, 4) is 0 Å². The molecule has 0 saturated carbocycles. The molecule has 0 fully saturated rings. The maximum atomic E-state index is 9.71. The molecule has 17 heavy (non-hydrogen) atoms. The summed E-state index contributed by atoms with van der Waals surface area (Å²) in [4.78, 5) is 0. The molecule has 1 N–H and O–H groups in total. The third-order valence-corrected chi connectivity index (χ3v) is 2.89. The molecule has 0 bridgehead atoms. The van der Waals surface area contributed by atoms with Crippen molar-refractivity contribution in [2.45, 2.75) is 32.5 Å². The summed E-state index contributed by atoms with van der Waals surface area (Å²) in [5, 5.41) is 9.71. The summed E-state index contributed by atoms with van der Waals surface area (Å²) >= 11 is 0. The normalized spacial score (nSPS) is 14.2. The van der Waals surface area contributed by atoms with Crippen LogP contribution in [-0.2, 0) is 11.3 Å². The van der Waals surface area contributed by atoms with Gasteiger partial charge in [0.2, 0.25) is 0 Å². The second-order valence-electron chi connectivity index (χ2n) is 4.40. The highest BCUT2D eigenvalue weighted by Crippen LogP contribution is 2.12. The zero-order valence-electron chi connectivity index (χ0n) is 10.5. The minimum atomic E-state index is -0.298. The van der Waals surface area contributed by atoms with Gasteiger partial charge in [-0.2, -0.15) is 0 Å². The smallest absolute Gasteiger partial charge is 0.0716 e. The summed E-state index contributed by atoms with van der Waals surface area (Å²) in [6, 6.07) is 10.1. The summed E-state index contributed by atoms with van der Waals surface area (Å²) in [7, 11) is 0. The van der Waals surface area contributed by atoms with Crippen LogP contribution in [0.2, 0.25) is 0 Å².